The largest absolute Gasteiger partial charge is 0.462 e. The molecule has 13 heavy (non-hydrogen) atoms. The van der Waals surface area contributed by atoms with Gasteiger partial charge in [0.2, 0.25) is 0 Å². The fourth-order valence-corrected chi connectivity index (χ4v) is 0.892. The molecule has 0 bridgehead atoms. The molecule has 0 amide bonds. The predicted octanol–water partition coefficient (Wildman–Crippen LogP) is 0.695. The molecule has 1 aromatic rings. The SMILES string of the molecule is CCOC(=O)c1cnncc1NC. The Morgan fingerprint density at radius 2 is 2.23 bits per heavy atom. The van der Waals surface area contributed by atoms with E-state index in [0.29, 0.717) is 17.9 Å². The highest BCUT2D eigenvalue weighted by molar-refractivity contribution is 5.94. The standard InChI is InChI=1S/C8H11N3O2/c1-3-13-8(12)6-4-10-11-5-7(6)9-2/h4-5H,3H2,1-2H3,(H,9,10). The third kappa shape index (κ3) is 2.14. The van der Waals surface area contributed by atoms with E-state index in [1.165, 1.54) is 12.4 Å². The molecule has 0 saturated carbocycles. The minimum atomic E-state index is -0.387. The number of esters is 1. The monoisotopic (exact) mass is 181 g/mol. The van der Waals surface area contributed by atoms with Crippen molar-refractivity contribution >= 4 is 11.7 Å². The van der Waals surface area contributed by atoms with Crippen LogP contribution in [0.15, 0.2) is 12.4 Å². The van der Waals surface area contributed by atoms with Crippen LogP contribution in [0.5, 0.6) is 0 Å². The molecule has 1 heterocycles. The van der Waals surface area contributed by atoms with Gasteiger partial charge in [-0.05, 0) is 6.92 Å². The smallest absolute Gasteiger partial charge is 0.341 e. The van der Waals surface area contributed by atoms with E-state index >= 15 is 0 Å². The Morgan fingerprint density at radius 3 is 2.85 bits per heavy atom. The van der Waals surface area contributed by atoms with Crippen LogP contribution in [0.25, 0.3) is 0 Å². The van der Waals surface area contributed by atoms with E-state index in [-0.39, 0.29) is 5.97 Å². The van der Waals surface area contributed by atoms with Gasteiger partial charge in [-0.1, -0.05) is 0 Å². The summed E-state index contributed by atoms with van der Waals surface area (Å²) in [5.74, 6) is -0.387. The predicted molar refractivity (Wildman–Crippen MR) is 47.5 cm³/mol. The van der Waals surface area contributed by atoms with Gasteiger partial charge in [-0.3, -0.25) is 0 Å². The second-order valence-electron chi connectivity index (χ2n) is 2.29. The van der Waals surface area contributed by atoms with Gasteiger partial charge in [0.15, 0.2) is 0 Å². The second kappa shape index (κ2) is 4.39. The van der Waals surface area contributed by atoms with Crippen molar-refractivity contribution in [3.63, 3.8) is 0 Å². The van der Waals surface area contributed by atoms with Gasteiger partial charge in [-0.15, -0.1) is 0 Å². The van der Waals surface area contributed by atoms with Crippen molar-refractivity contribution in [3.05, 3.63) is 18.0 Å². The Labute approximate surface area is 76.1 Å². The number of anilines is 1. The summed E-state index contributed by atoms with van der Waals surface area (Å²) in [5.41, 5.74) is 1.02. The molecule has 5 heteroatoms. The lowest BCUT2D eigenvalue weighted by Gasteiger charge is -2.05. The molecular weight excluding hydrogens is 170 g/mol. The van der Waals surface area contributed by atoms with Gasteiger partial charge in [-0.25, -0.2) is 4.79 Å². The van der Waals surface area contributed by atoms with E-state index in [1.807, 2.05) is 0 Å². The number of hydrogen-bond donors (Lipinski definition) is 1. The van der Waals surface area contributed by atoms with Gasteiger partial charge < -0.3 is 10.1 Å². The highest BCUT2D eigenvalue weighted by atomic mass is 16.5. The number of ether oxygens (including phenoxy) is 1. The van der Waals surface area contributed by atoms with Crippen LogP contribution >= 0.6 is 0 Å². The maximum absolute atomic E-state index is 11.3. The first-order valence-electron chi connectivity index (χ1n) is 3.95. The molecule has 0 spiro atoms. The van der Waals surface area contributed by atoms with Crippen LogP contribution in [0.4, 0.5) is 5.69 Å². The quantitative estimate of drug-likeness (QED) is 0.695. The minimum Gasteiger partial charge on any atom is -0.462 e. The maximum Gasteiger partial charge on any atom is 0.341 e. The number of aromatic nitrogens is 2. The first-order valence-corrected chi connectivity index (χ1v) is 3.95. The van der Waals surface area contributed by atoms with Gasteiger partial charge in [0.05, 0.1) is 24.7 Å². The summed E-state index contributed by atoms with van der Waals surface area (Å²) in [6.45, 7) is 2.11. The van der Waals surface area contributed by atoms with Gasteiger partial charge in [-0.2, -0.15) is 10.2 Å². The first kappa shape index (κ1) is 9.44. The molecule has 70 valence electrons. The van der Waals surface area contributed by atoms with E-state index in [0.717, 1.165) is 0 Å². The molecule has 0 aliphatic heterocycles. The van der Waals surface area contributed by atoms with Crippen molar-refractivity contribution in [3.8, 4) is 0 Å². The average Bonchev–Trinajstić information content (AvgIpc) is 2.18. The fourth-order valence-electron chi connectivity index (χ4n) is 0.892. The van der Waals surface area contributed by atoms with Crippen molar-refractivity contribution in [2.45, 2.75) is 6.92 Å². The molecule has 1 rings (SSSR count). The highest BCUT2D eigenvalue weighted by Crippen LogP contribution is 2.11. The van der Waals surface area contributed by atoms with Gasteiger partial charge >= 0.3 is 5.97 Å². The zero-order valence-electron chi connectivity index (χ0n) is 7.57. The molecule has 0 aliphatic carbocycles. The zero-order valence-corrected chi connectivity index (χ0v) is 7.57. The van der Waals surface area contributed by atoms with Crippen molar-refractivity contribution in [1.82, 2.24) is 10.2 Å². The first-order chi connectivity index (χ1) is 6.29. The Hall–Kier alpha value is -1.65. The second-order valence-corrected chi connectivity index (χ2v) is 2.29. The molecule has 1 aromatic heterocycles. The summed E-state index contributed by atoms with van der Waals surface area (Å²) >= 11 is 0. The zero-order chi connectivity index (χ0) is 9.68. The summed E-state index contributed by atoms with van der Waals surface area (Å²) < 4.78 is 4.82. The van der Waals surface area contributed by atoms with Crippen LogP contribution < -0.4 is 5.32 Å². The highest BCUT2D eigenvalue weighted by Gasteiger charge is 2.11. The van der Waals surface area contributed by atoms with Crippen LogP contribution in [-0.2, 0) is 4.74 Å². The fraction of sp³-hybridized carbons (Fsp3) is 0.375. The molecule has 1 N–H and O–H groups in total. The number of rotatable bonds is 3. The molecule has 0 saturated heterocycles. The Bertz CT molecular complexity index is 301. The summed E-state index contributed by atoms with van der Waals surface area (Å²) in [7, 11) is 1.71. The lowest BCUT2D eigenvalue weighted by atomic mass is 10.2. The Balaban J connectivity index is 2.92. The summed E-state index contributed by atoms with van der Waals surface area (Å²) in [6, 6.07) is 0. The number of carbonyl (C=O) groups excluding carboxylic acids is 1. The van der Waals surface area contributed by atoms with E-state index in [9.17, 15) is 4.79 Å². The topological polar surface area (TPSA) is 64.1 Å². The van der Waals surface area contributed by atoms with Crippen LogP contribution in [0.1, 0.15) is 17.3 Å². The van der Waals surface area contributed by atoms with E-state index in [4.69, 9.17) is 4.74 Å². The lowest BCUT2D eigenvalue weighted by molar-refractivity contribution is 0.0527. The van der Waals surface area contributed by atoms with Crippen LogP contribution in [0, 0.1) is 0 Å². The van der Waals surface area contributed by atoms with Crippen LogP contribution in [-0.4, -0.2) is 29.8 Å². The molecular formula is C8H11N3O2. The minimum absolute atomic E-state index is 0.351. The normalized spacial score (nSPS) is 9.38. The number of carbonyl (C=O) groups is 1. The Kier molecular flexibility index (Phi) is 3.19. The van der Waals surface area contributed by atoms with E-state index in [1.54, 1.807) is 14.0 Å². The molecule has 0 unspecified atom stereocenters. The maximum atomic E-state index is 11.3. The van der Waals surface area contributed by atoms with Crippen LogP contribution in [0.3, 0.4) is 0 Å². The van der Waals surface area contributed by atoms with Gasteiger partial charge in [0.1, 0.15) is 5.56 Å². The van der Waals surface area contributed by atoms with Crippen molar-refractivity contribution in [2.24, 2.45) is 0 Å². The molecule has 0 fully saturated rings. The number of hydrogen-bond acceptors (Lipinski definition) is 5. The molecule has 5 nitrogen and oxygen atoms in total. The molecule has 0 aromatic carbocycles. The summed E-state index contributed by atoms with van der Waals surface area (Å²) in [4.78, 5) is 11.3. The molecule has 0 aliphatic rings. The molecule has 0 radical (unpaired) electrons. The number of nitrogens with zero attached hydrogens (tertiary/aromatic N) is 2. The Morgan fingerprint density at radius 1 is 1.54 bits per heavy atom. The van der Waals surface area contributed by atoms with Crippen molar-refractivity contribution in [2.75, 3.05) is 19.0 Å². The third-order valence-electron chi connectivity index (χ3n) is 1.50. The number of nitrogens with one attached hydrogen (secondary N) is 1. The van der Waals surface area contributed by atoms with Crippen LogP contribution in [0.2, 0.25) is 0 Å². The molecule has 0 atom stereocenters. The summed E-state index contributed by atoms with van der Waals surface area (Å²) in [5, 5.41) is 10.1. The lowest BCUT2D eigenvalue weighted by Crippen LogP contribution is -2.09. The van der Waals surface area contributed by atoms with Crippen molar-refractivity contribution in [1.29, 1.82) is 0 Å². The van der Waals surface area contributed by atoms with Gasteiger partial charge in [0, 0.05) is 7.05 Å². The van der Waals surface area contributed by atoms with E-state index in [2.05, 4.69) is 15.5 Å². The average molecular weight is 181 g/mol. The van der Waals surface area contributed by atoms with Gasteiger partial charge in [0.25, 0.3) is 0 Å². The van der Waals surface area contributed by atoms with Crippen molar-refractivity contribution < 1.29 is 9.53 Å². The van der Waals surface area contributed by atoms with E-state index < -0.39 is 0 Å². The third-order valence-corrected chi connectivity index (χ3v) is 1.50. The summed E-state index contributed by atoms with van der Waals surface area (Å²) in [6.07, 6.45) is 2.86.